The van der Waals surface area contributed by atoms with E-state index in [1.165, 1.54) is 0 Å². The number of hydrogen-bond acceptors (Lipinski definition) is 8. The molecule has 0 atom stereocenters. The number of hydrogen-bond donors (Lipinski definition) is 0. The smallest absolute Gasteiger partial charge is 0.182 e. The van der Waals surface area contributed by atoms with Crippen LogP contribution < -0.4 is 0 Å². The van der Waals surface area contributed by atoms with Crippen LogP contribution in [0.5, 0.6) is 0 Å². The van der Waals surface area contributed by atoms with Crippen molar-refractivity contribution in [2.45, 2.75) is 101 Å². The van der Waals surface area contributed by atoms with Crippen LogP contribution in [0.2, 0.25) is 0 Å². The summed E-state index contributed by atoms with van der Waals surface area (Å²) in [5.41, 5.74) is 3.28. The Morgan fingerprint density at radius 2 is 0.691 bits per heavy atom. The Morgan fingerprint density at radius 3 is 0.873 bits per heavy atom. The summed E-state index contributed by atoms with van der Waals surface area (Å²) in [7, 11) is 0. The highest BCUT2D eigenvalue weighted by atomic mass is 14.8. The minimum Gasteiger partial charge on any atom is -0.262 e. The second kappa shape index (κ2) is 37.6. The number of nitriles is 2. The van der Waals surface area contributed by atoms with Crippen LogP contribution in [0.4, 0.5) is 0 Å². The molecule has 6 aromatic rings. The van der Waals surface area contributed by atoms with E-state index < -0.39 is 5.41 Å². The summed E-state index contributed by atoms with van der Waals surface area (Å²) in [6, 6.07) is 38.0. The molecule has 0 aliphatic carbocycles. The Morgan fingerprint density at radius 1 is 0.400 bits per heavy atom. The molecule has 0 fully saturated rings. The molecule has 0 unspecified atom stereocenters. The second-order valence-corrected chi connectivity index (χ2v) is 9.05. The molecule has 6 heterocycles. The van der Waals surface area contributed by atoms with Gasteiger partial charge in [0.15, 0.2) is 5.41 Å². The standard InChI is InChI=1S/C17H12N4.C12H9N3.C6H7N.6C2H6/c18-13-17(14-7-1-4-10-19-14,15-8-2-5-11-20-15)16-9-3-6-12-21-16;13-9-10(11-5-1-3-7-14-11)12-6-2-4-8-15-12;1-6-4-2-3-5-7-6;6*1-2/h1-12H;1-8,10H;2-5H,1H3;6*1-2H3. The predicted octanol–water partition coefficient (Wildman–Crippen LogP) is 12.4. The average molecular weight is 741 g/mol. The van der Waals surface area contributed by atoms with Crippen molar-refractivity contribution in [3.05, 3.63) is 181 Å². The Kier molecular flexibility index (Phi) is 36.4. The van der Waals surface area contributed by atoms with E-state index in [2.05, 4.69) is 42.0 Å². The fourth-order valence-corrected chi connectivity index (χ4v) is 4.14. The lowest BCUT2D eigenvalue weighted by Crippen LogP contribution is -2.30. The molecule has 0 bridgehead atoms. The van der Waals surface area contributed by atoms with Gasteiger partial charge in [0.25, 0.3) is 0 Å². The fraction of sp³-hybridized carbons (Fsp3) is 0.319. The SMILES string of the molecule is CC.CC.CC.CC.CC.CC.Cc1ccccn1.N#CC(c1ccccn1)(c1ccccn1)c1ccccn1.N#CC(c1ccccn1)c1ccccn1. The van der Waals surface area contributed by atoms with Gasteiger partial charge in [0.1, 0.15) is 5.92 Å². The molecule has 0 saturated carbocycles. The third-order valence-electron chi connectivity index (χ3n) is 6.22. The number of aryl methyl sites for hydroxylation is 1. The molecule has 0 radical (unpaired) electrons. The lowest BCUT2D eigenvalue weighted by Gasteiger charge is -2.24. The summed E-state index contributed by atoms with van der Waals surface area (Å²) >= 11 is 0. The third-order valence-corrected chi connectivity index (χ3v) is 6.22. The topological polar surface area (TPSA) is 125 Å². The van der Waals surface area contributed by atoms with E-state index in [9.17, 15) is 5.26 Å². The van der Waals surface area contributed by atoms with Crippen molar-refractivity contribution in [1.29, 1.82) is 10.5 Å². The molecule has 292 valence electrons. The normalized spacial score (nSPS) is 8.58. The van der Waals surface area contributed by atoms with Crippen LogP contribution in [0.3, 0.4) is 0 Å². The molecule has 0 spiro atoms. The van der Waals surface area contributed by atoms with Crippen LogP contribution in [0.25, 0.3) is 0 Å². The van der Waals surface area contributed by atoms with Gasteiger partial charge in [-0.15, -0.1) is 0 Å². The molecular weight excluding hydrogens is 677 g/mol. The first-order valence-corrected chi connectivity index (χ1v) is 19.4. The monoisotopic (exact) mass is 741 g/mol. The molecule has 8 heteroatoms. The molecule has 55 heavy (non-hydrogen) atoms. The van der Waals surface area contributed by atoms with Gasteiger partial charge in [-0.1, -0.05) is 119 Å². The van der Waals surface area contributed by atoms with E-state index in [4.69, 9.17) is 5.26 Å². The number of rotatable bonds is 5. The number of pyridine rings is 6. The molecule has 0 amide bonds. The van der Waals surface area contributed by atoms with Crippen molar-refractivity contribution in [2.75, 3.05) is 0 Å². The zero-order valence-corrected chi connectivity index (χ0v) is 35.5. The van der Waals surface area contributed by atoms with E-state index in [0.717, 1.165) is 17.1 Å². The number of nitrogens with zero attached hydrogens (tertiary/aromatic N) is 8. The molecule has 6 rings (SSSR count). The molecular formula is C47H64N8. The van der Waals surface area contributed by atoms with Gasteiger partial charge in [-0.25, -0.2) is 0 Å². The van der Waals surface area contributed by atoms with E-state index in [-0.39, 0.29) is 5.92 Å². The first-order valence-electron chi connectivity index (χ1n) is 19.4. The van der Waals surface area contributed by atoms with Gasteiger partial charge in [0.05, 0.1) is 40.6 Å². The molecule has 0 aliphatic heterocycles. The van der Waals surface area contributed by atoms with Gasteiger partial charge in [0, 0.05) is 42.9 Å². The van der Waals surface area contributed by atoms with E-state index in [0.29, 0.717) is 17.1 Å². The van der Waals surface area contributed by atoms with Gasteiger partial charge in [-0.3, -0.25) is 29.9 Å². The maximum Gasteiger partial charge on any atom is 0.182 e. The van der Waals surface area contributed by atoms with Crippen LogP contribution in [0, 0.1) is 29.6 Å². The second-order valence-electron chi connectivity index (χ2n) is 9.05. The van der Waals surface area contributed by atoms with Crippen molar-refractivity contribution in [2.24, 2.45) is 0 Å². The van der Waals surface area contributed by atoms with Crippen LogP contribution in [0.1, 0.15) is 123 Å². The largest absolute Gasteiger partial charge is 0.262 e. The van der Waals surface area contributed by atoms with Crippen LogP contribution in [0.15, 0.2) is 146 Å². The molecule has 0 aromatic carbocycles. The third kappa shape index (κ3) is 19.0. The predicted molar refractivity (Wildman–Crippen MR) is 231 cm³/mol. The van der Waals surface area contributed by atoms with Crippen LogP contribution in [-0.2, 0) is 5.41 Å². The zero-order valence-electron chi connectivity index (χ0n) is 35.5. The summed E-state index contributed by atoms with van der Waals surface area (Å²) in [5, 5.41) is 19.1. The fourth-order valence-electron chi connectivity index (χ4n) is 4.14. The summed E-state index contributed by atoms with van der Waals surface area (Å²) in [4.78, 5) is 25.4. The van der Waals surface area contributed by atoms with Gasteiger partial charge in [-0.2, -0.15) is 10.5 Å². The van der Waals surface area contributed by atoms with Gasteiger partial charge >= 0.3 is 0 Å². The Bertz CT molecular complexity index is 1590. The first kappa shape index (κ1) is 53.2. The average Bonchev–Trinajstić information content (AvgIpc) is 3.31. The summed E-state index contributed by atoms with van der Waals surface area (Å²) in [6.45, 7) is 26.0. The van der Waals surface area contributed by atoms with Gasteiger partial charge in [0.2, 0.25) is 0 Å². The highest BCUT2D eigenvalue weighted by Crippen LogP contribution is 2.35. The Hall–Kier alpha value is -6.12. The summed E-state index contributed by atoms with van der Waals surface area (Å²) < 4.78 is 0. The lowest BCUT2D eigenvalue weighted by atomic mass is 9.78. The summed E-state index contributed by atoms with van der Waals surface area (Å²) in [5.74, 6) is -0.382. The quantitative estimate of drug-likeness (QED) is 0.171. The number of aromatic nitrogens is 6. The molecule has 6 aromatic heterocycles. The Labute approximate surface area is 333 Å². The van der Waals surface area contributed by atoms with Crippen molar-refractivity contribution >= 4 is 0 Å². The maximum atomic E-state index is 9.97. The molecule has 0 aliphatic rings. The first-order chi connectivity index (χ1) is 27.2. The molecule has 0 N–H and O–H groups in total. The highest BCUT2D eigenvalue weighted by Gasteiger charge is 2.40. The summed E-state index contributed by atoms with van der Waals surface area (Å²) in [6.07, 6.45) is 10.2. The van der Waals surface area contributed by atoms with Crippen LogP contribution in [-0.4, -0.2) is 29.9 Å². The maximum absolute atomic E-state index is 9.97. The van der Waals surface area contributed by atoms with Gasteiger partial charge in [-0.05, 0) is 79.7 Å². The van der Waals surface area contributed by atoms with E-state index in [1.807, 2.05) is 199 Å². The van der Waals surface area contributed by atoms with Gasteiger partial charge < -0.3 is 0 Å². The molecule has 0 saturated heterocycles. The molecule has 8 nitrogen and oxygen atoms in total. The highest BCUT2D eigenvalue weighted by molar-refractivity contribution is 5.49. The van der Waals surface area contributed by atoms with E-state index >= 15 is 0 Å². The van der Waals surface area contributed by atoms with Crippen molar-refractivity contribution in [3.8, 4) is 12.1 Å². The van der Waals surface area contributed by atoms with Crippen molar-refractivity contribution in [1.82, 2.24) is 29.9 Å². The van der Waals surface area contributed by atoms with Crippen molar-refractivity contribution < 1.29 is 0 Å². The van der Waals surface area contributed by atoms with Crippen LogP contribution >= 0.6 is 0 Å². The minimum absolute atomic E-state index is 0.382. The minimum atomic E-state index is -1.11. The van der Waals surface area contributed by atoms with E-state index in [1.54, 1.807) is 37.2 Å². The Balaban J connectivity index is -0.000000694. The zero-order chi connectivity index (χ0) is 42.2. The van der Waals surface area contributed by atoms with Crippen molar-refractivity contribution in [3.63, 3.8) is 0 Å². The lowest BCUT2D eigenvalue weighted by molar-refractivity contribution is 0.702.